The lowest BCUT2D eigenvalue weighted by Gasteiger charge is -2.18. The van der Waals surface area contributed by atoms with E-state index in [1.807, 2.05) is 12.1 Å². The van der Waals surface area contributed by atoms with Gasteiger partial charge in [0.15, 0.2) is 5.82 Å². The van der Waals surface area contributed by atoms with Gasteiger partial charge in [0.2, 0.25) is 5.95 Å². The van der Waals surface area contributed by atoms with Crippen LogP contribution in [0.25, 0.3) is 0 Å². The Morgan fingerprint density at radius 3 is 2.76 bits per heavy atom. The Morgan fingerprint density at radius 2 is 1.97 bits per heavy atom. The molecule has 192 valence electrons. The first kappa shape index (κ1) is 26.4. The Labute approximate surface area is 223 Å². The number of carbonyl (C=O) groups is 1. The minimum atomic E-state index is -0.199. The number of ether oxygens (including phenoxy) is 1. The van der Waals surface area contributed by atoms with Crippen molar-refractivity contribution < 1.29 is 9.53 Å². The van der Waals surface area contributed by atoms with E-state index in [1.165, 1.54) is 22.2 Å². The Hall–Kier alpha value is -3.64. The number of benzene rings is 2. The molecule has 2 N–H and O–H groups in total. The molecule has 8 nitrogen and oxygen atoms in total. The number of halogens is 1. The van der Waals surface area contributed by atoms with Crippen LogP contribution < -0.4 is 10.6 Å². The molecule has 0 atom stereocenters. The molecule has 0 radical (unpaired) electrons. The number of fused-ring (bicyclic) bond motifs is 1. The van der Waals surface area contributed by atoms with E-state index in [1.54, 1.807) is 32.4 Å². The molecule has 2 heterocycles. The zero-order valence-electron chi connectivity index (χ0n) is 21.1. The number of hydrogen-bond donors (Lipinski definition) is 2. The molecule has 0 saturated heterocycles. The van der Waals surface area contributed by atoms with E-state index < -0.39 is 0 Å². The highest BCUT2D eigenvalue weighted by Gasteiger charge is 2.17. The summed E-state index contributed by atoms with van der Waals surface area (Å²) in [6.45, 7) is 3.93. The van der Waals surface area contributed by atoms with Gasteiger partial charge in [-0.1, -0.05) is 35.7 Å². The fraction of sp³-hybridized carbons (Fsp3) is 0.321. The third-order valence-corrected chi connectivity index (χ3v) is 6.58. The molecule has 1 aliphatic heterocycles. The quantitative estimate of drug-likeness (QED) is 0.407. The molecule has 1 aromatic heterocycles. The lowest BCUT2D eigenvalue weighted by Crippen LogP contribution is -2.29. The maximum atomic E-state index is 12.9. The van der Waals surface area contributed by atoms with Crippen LogP contribution in [0.3, 0.4) is 0 Å². The van der Waals surface area contributed by atoms with Crippen molar-refractivity contribution in [2.45, 2.75) is 12.8 Å². The van der Waals surface area contributed by atoms with Gasteiger partial charge in [0.25, 0.3) is 5.91 Å². The van der Waals surface area contributed by atoms with Crippen molar-refractivity contribution in [3.05, 3.63) is 70.4 Å². The lowest BCUT2D eigenvalue weighted by atomic mass is 10.0. The first-order chi connectivity index (χ1) is 18.0. The van der Waals surface area contributed by atoms with E-state index in [4.69, 9.17) is 22.8 Å². The normalized spacial score (nSPS) is 13.2. The number of nitrogens with one attached hydrogen (secondary N) is 2. The Bertz CT molecular complexity index is 1290. The number of rotatable bonds is 9. The summed E-state index contributed by atoms with van der Waals surface area (Å²) in [4.78, 5) is 25.7. The van der Waals surface area contributed by atoms with Crippen LogP contribution >= 0.6 is 11.6 Å². The summed E-state index contributed by atoms with van der Waals surface area (Å²) in [5.74, 6) is 3.08. The fourth-order valence-electron chi connectivity index (χ4n) is 4.26. The number of terminal acetylenes is 1. The smallest absolute Gasteiger partial charge is 0.256 e. The Balaban J connectivity index is 1.50. The second-order valence-electron chi connectivity index (χ2n) is 8.87. The summed E-state index contributed by atoms with van der Waals surface area (Å²) in [6, 6.07) is 13.5. The fourth-order valence-corrected chi connectivity index (χ4v) is 4.40. The van der Waals surface area contributed by atoms with Crippen LogP contribution in [0.15, 0.2) is 48.7 Å². The third-order valence-electron chi connectivity index (χ3n) is 6.30. The number of carbonyl (C=O) groups excluding carboxylic acids is 1. The van der Waals surface area contributed by atoms with Crippen LogP contribution in [-0.4, -0.2) is 72.6 Å². The van der Waals surface area contributed by atoms with Crippen molar-refractivity contribution in [3.63, 3.8) is 0 Å². The highest BCUT2D eigenvalue weighted by atomic mass is 35.5. The number of amides is 1. The highest BCUT2D eigenvalue weighted by Crippen LogP contribution is 2.28. The van der Waals surface area contributed by atoms with Gasteiger partial charge in [-0.3, -0.25) is 4.79 Å². The maximum Gasteiger partial charge on any atom is 0.256 e. The number of aromatic nitrogens is 2. The molecule has 37 heavy (non-hydrogen) atoms. The van der Waals surface area contributed by atoms with E-state index in [-0.39, 0.29) is 12.5 Å². The van der Waals surface area contributed by atoms with Crippen molar-refractivity contribution in [2.75, 3.05) is 57.6 Å². The molecule has 0 bridgehead atoms. The predicted octanol–water partition coefficient (Wildman–Crippen LogP) is 4.37. The molecule has 0 aliphatic carbocycles. The lowest BCUT2D eigenvalue weighted by molar-refractivity contribution is 0.0813. The number of nitrogens with zero attached hydrogens (tertiary/aromatic N) is 4. The maximum absolute atomic E-state index is 12.9. The van der Waals surface area contributed by atoms with E-state index in [0.717, 1.165) is 44.8 Å². The van der Waals surface area contributed by atoms with Crippen LogP contribution in [0, 0.1) is 12.3 Å². The molecule has 0 unspecified atom stereocenters. The number of para-hydroxylation sites is 1. The monoisotopic (exact) mass is 518 g/mol. The summed E-state index contributed by atoms with van der Waals surface area (Å²) in [6.07, 6.45) is 8.89. The van der Waals surface area contributed by atoms with Crippen molar-refractivity contribution in [1.29, 1.82) is 0 Å². The minimum absolute atomic E-state index is 0.199. The molecule has 1 aliphatic rings. The summed E-state index contributed by atoms with van der Waals surface area (Å²) < 4.78 is 5.24. The number of methoxy groups -OCH3 is 1. The standard InChI is InChI=1S/C28H31ClN6O2/c1-4-13-34(2)27(36)23-7-5-6-8-25(23)32-26-24(29)19-30-28(33-26)31-22-10-9-20-11-14-35(16-17-37-3)15-12-21(20)18-22/h1,5-10,18-19H,11-17H2,2-3H3,(H2,30,31,32,33). The predicted molar refractivity (Wildman–Crippen MR) is 148 cm³/mol. The van der Waals surface area contributed by atoms with E-state index in [9.17, 15) is 4.79 Å². The summed E-state index contributed by atoms with van der Waals surface area (Å²) >= 11 is 6.41. The molecular weight excluding hydrogens is 488 g/mol. The van der Waals surface area contributed by atoms with Crippen molar-refractivity contribution in [2.24, 2.45) is 0 Å². The molecule has 1 amide bonds. The Morgan fingerprint density at radius 1 is 1.19 bits per heavy atom. The second-order valence-corrected chi connectivity index (χ2v) is 9.28. The van der Waals surface area contributed by atoms with Gasteiger partial charge in [-0.2, -0.15) is 4.98 Å². The minimum Gasteiger partial charge on any atom is -0.383 e. The molecule has 0 saturated carbocycles. The number of hydrogen-bond acceptors (Lipinski definition) is 7. The highest BCUT2D eigenvalue weighted by molar-refractivity contribution is 6.33. The molecule has 9 heteroatoms. The zero-order chi connectivity index (χ0) is 26.2. The van der Waals surface area contributed by atoms with Gasteiger partial charge >= 0.3 is 0 Å². The molecule has 0 spiro atoms. The molecule has 0 fully saturated rings. The summed E-state index contributed by atoms with van der Waals surface area (Å²) in [7, 11) is 3.40. The van der Waals surface area contributed by atoms with Gasteiger partial charge in [-0.05, 0) is 48.2 Å². The van der Waals surface area contributed by atoms with Crippen molar-refractivity contribution >= 4 is 40.6 Å². The van der Waals surface area contributed by atoms with E-state index >= 15 is 0 Å². The van der Waals surface area contributed by atoms with Crippen LogP contribution in [-0.2, 0) is 17.6 Å². The van der Waals surface area contributed by atoms with Gasteiger partial charge in [-0.15, -0.1) is 6.42 Å². The zero-order valence-corrected chi connectivity index (χ0v) is 21.9. The van der Waals surface area contributed by atoms with Gasteiger partial charge in [0.05, 0.1) is 30.6 Å². The number of anilines is 4. The molecular formula is C28H31ClN6O2. The van der Waals surface area contributed by atoms with Crippen LogP contribution in [0.4, 0.5) is 23.1 Å². The SMILES string of the molecule is C#CCN(C)C(=O)c1ccccc1Nc1nc(Nc2ccc3c(c2)CCN(CCOC)CC3)ncc1Cl. The first-order valence-corrected chi connectivity index (χ1v) is 12.5. The van der Waals surface area contributed by atoms with Crippen molar-refractivity contribution in [1.82, 2.24) is 19.8 Å². The topological polar surface area (TPSA) is 82.6 Å². The average Bonchev–Trinajstić information content (AvgIpc) is 3.11. The largest absolute Gasteiger partial charge is 0.383 e. The molecule has 2 aromatic carbocycles. The Kier molecular flexibility index (Phi) is 8.96. The van der Waals surface area contributed by atoms with E-state index in [2.05, 4.69) is 43.6 Å². The van der Waals surface area contributed by atoms with Gasteiger partial charge in [0.1, 0.15) is 5.02 Å². The van der Waals surface area contributed by atoms with Gasteiger partial charge in [-0.25, -0.2) is 4.98 Å². The van der Waals surface area contributed by atoms with Crippen LogP contribution in [0.2, 0.25) is 5.02 Å². The summed E-state index contributed by atoms with van der Waals surface area (Å²) in [5.41, 5.74) is 4.63. The van der Waals surface area contributed by atoms with Crippen LogP contribution in [0.5, 0.6) is 0 Å². The molecule has 3 aromatic rings. The van der Waals surface area contributed by atoms with Crippen LogP contribution in [0.1, 0.15) is 21.5 Å². The third kappa shape index (κ3) is 6.77. The molecule has 4 rings (SSSR count). The average molecular weight is 519 g/mol. The summed E-state index contributed by atoms with van der Waals surface area (Å²) in [5, 5.41) is 6.82. The van der Waals surface area contributed by atoms with E-state index in [0.29, 0.717) is 28.0 Å². The van der Waals surface area contributed by atoms with Gasteiger partial charge < -0.3 is 25.2 Å². The van der Waals surface area contributed by atoms with Gasteiger partial charge in [0, 0.05) is 39.5 Å². The first-order valence-electron chi connectivity index (χ1n) is 12.2. The van der Waals surface area contributed by atoms with Crippen molar-refractivity contribution in [3.8, 4) is 12.3 Å². The second kappa shape index (κ2) is 12.5.